The molecule has 0 bridgehead atoms. The number of allylic oxidation sites excluding steroid dienone is 1. The van der Waals surface area contributed by atoms with Gasteiger partial charge in [0.05, 0.1) is 0 Å². The van der Waals surface area contributed by atoms with Gasteiger partial charge in [0.2, 0.25) is 0 Å². The second-order valence-electron chi connectivity index (χ2n) is 11.7. The van der Waals surface area contributed by atoms with Crippen LogP contribution in [0.5, 0.6) is 0 Å². The smallest absolute Gasteiger partial charge is 0.135 e. The first-order chi connectivity index (χ1) is 16.4. The molecule has 7 rings (SSSR count). The van der Waals surface area contributed by atoms with E-state index in [1.165, 1.54) is 12.1 Å². The number of fused-ring (bicyclic) bond motifs is 6. The van der Waals surface area contributed by atoms with Gasteiger partial charge in [-0.3, -0.25) is 0 Å². The summed E-state index contributed by atoms with van der Waals surface area (Å²) in [4.78, 5) is 34.4. The Hall–Kier alpha value is -2.57. The predicted octanol–water partition coefficient (Wildman–Crippen LogP) is 5.15. The molecular weight excluding hydrogens is 422 g/mol. The van der Waals surface area contributed by atoms with E-state index in [0.29, 0.717) is 47.3 Å². The van der Waals surface area contributed by atoms with Gasteiger partial charge < -0.3 is 0 Å². The molecule has 0 saturated heterocycles. The molecule has 7 aliphatic rings. The zero-order chi connectivity index (χ0) is 23.1. The molecule has 0 fully saturated rings. The zero-order valence-corrected chi connectivity index (χ0v) is 20.4. The first-order valence-electron chi connectivity index (χ1n) is 13.2. The first kappa shape index (κ1) is 20.8. The number of nitrogens with zero attached hydrogens (tertiary/aromatic N) is 7. The second kappa shape index (κ2) is 7.46. The lowest BCUT2D eigenvalue weighted by Gasteiger charge is -2.41. The van der Waals surface area contributed by atoms with Crippen LogP contribution in [0.2, 0.25) is 0 Å². The topological polar surface area (TPSA) is 86.5 Å². The Balaban J connectivity index is 1.21. The summed E-state index contributed by atoms with van der Waals surface area (Å²) < 4.78 is 0. The molecule has 176 valence electrons. The minimum Gasteiger partial charge on any atom is -0.242 e. The van der Waals surface area contributed by atoms with Crippen molar-refractivity contribution in [2.45, 2.75) is 65.7 Å². The third kappa shape index (κ3) is 3.26. The Morgan fingerprint density at radius 1 is 0.471 bits per heavy atom. The molecule has 0 radical (unpaired) electrons. The fourth-order valence-corrected chi connectivity index (χ4v) is 7.10. The minimum absolute atomic E-state index is 0.425. The van der Waals surface area contributed by atoms with Gasteiger partial charge in [-0.25, -0.2) is 34.9 Å². The molecule has 7 heterocycles. The summed E-state index contributed by atoms with van der Waals surface area (Å²) in [6.07, 6.45) is 7.89. The Morgan fingerprint density at radius 2 is 0.794 bits per heavy atom. The Kier molecular flexibility index (Phi) is 4.56. The summed E-state index contributed by atoms with van der Waals surface area (Å²) >= 11 is 0. The third-order valence-corrected chi connectivity index (χ3v) is 9.29. The van der Waals surface area contributed by atoms with E-state index in [2.05, 4.69) is 27.4 Å². The van der Waals surface area contributed by atoms with Crippen molar-refractivity contribution in [2.24, 2.45) is 82.3 Å². The van der Waals surface area contributed by atoms with Crippen LogP contribution in [0.25, 0.3) is 0 Å². The maximum absolute atomic E-state index is 5.01. The van der Waals surface area contributed by atoms with E-state index in [-0.39, 0.29) is 0 Å². The third-order valence-electron chi connectivity index (χ3n) is 9.29. The number of hydrogen-bond acceptors (Lipinski definition) is 7. The monoisotopic (exact) mass is 455 g/mol. The predicted molar refractivity (Wildman–Crippen MR) is 138 cm³/mol. The fraction of sp³-hybridized carbons (Fsp3) is 0.667. The van der Waals surface area contributed by atoms with E-state index < -0.39 is 0 Å². The minimum atomic E-state index is 0.425. The normalized spacial score (nSPS) is 42.4. The Bertz CT molecular complexity index is 1200. The average molecular weight is 456 g/mol. The van der Waals surface area contributed by atoms with Gasteiger partial charge in [0.25, 0.3) is 0 Å². The molecule has 7 heteroatoms. The van der Waals surface area contributed by atoms with Gasteiger partial charge in [0, 0.05) is 46.9 Å². The van der Waals surface area contributed by atoms with Crippen LogP contribution < -0.4 is 0 Å². The molecule has 34 heavy (non-hydrogen) atoms. The fourth-order valence-electron chi connectivity index (χ4n) is 7.10. The highest BCUT2D eigenvalue weighted by Crippen LogP contribution is 2.44. The van der Waals surface area contributed by atoms with E-state index in [1.54, 1.807) is 0 Å². The largest absolute Gasteiger partial charge is 0.242 e. The maximum atomic E-state index is 5.01. The standard InChI is InChI=1S/C27H33N7/c1-12-5-16-7-18-9-20-11-21-10-19-8-17-6-13(2)15(4)29-23(17)31-25(19)33-27(21)34-26(20)32-24(18)30-22(16)28-14(12)3/h12-13,16-21H,3,5-11H2,1-2,4H3. The molecule has 0 aromatic carbocycles. The Labute approximate surface area is 201 Å². The molecule has 0 saturated carbocycles. The van der Waals surface area contributed by atoms with Crippen LogP contribution in [-0.2, 0) is 0 Å². The molecule has 0 N–H and O–H groups in total. The summed E-state index contributed by atoms with van der Waals surface area (Å²) in [7, 11) is 0. The number of rotatable bonds is 0. The molecule has 0 amide bonds. The van der Waals surface area contributed by atoms with Gasteiger partial charge in [-0.05, 0) is 63.7 Å². The van der Waals surface area contributed by atoms with Gasteiger partial charge in [0.15, 0.2) is 0 Å². The second-order valence-corrected chi connectivity index (χ2v) is 11.7. The van der Waals surface area contributed by atoms with Gasteiger partial charge in [0.1, 0.15) is 35.0 Å². The van der Waals surface area contributed by atoms with Crippen LogP contribution in [-0.4, -0.2) is 40.7 Å². The van der Waals surface area contributed by atoms with Crippen LogP contribution in [0.1, 0.15) is 65.7 Å². The van der Waals surface area contributed by atoms with Gasteiger partial charge in [-0.15, -0.1) is 0 Å². The van der Waals surface area contributed by atoms with Crippen LogP contribution in [0.15, 0.2) is 47.2 Å². The lowest BCUT2D eigenvalue weighted by atomic mass is 9.71. The highest BCUT2D eigenvalue weighted by molar-refractivity contribution is 6.16. The van der Waals surface area contributed by atoms with E-state index in [0.717, 1.165) is 79.2 Å². The highest BCUT2D eigenvalue weighted by Gasteiger charge is 2.44. The summed E-state index contributed by atoms with van der Waals surface area (Å²) in [6.45, 7) is 10.8. The van der Waals surface area contributed by atoms with Gasteiger partial charge >= 0.3 is 0 Å². The van der Waals surface area contributed by atoms with Crippen molar-refractivity contribution in [1.82, 2.24) is 0 Å². The zero-order valence-electron chi connectivity index (χ0n) is 20.4. The number of aliphatic imine (C=N–C) groups is 7. The molecule has 0 aliphatic carbocycles. The average Bonchev–Trinajstić information content (AvgIpc) is 2.80. The van der Waals surface area contributed by atoms with Crippen LogP contribution >= 0.6 is 0 Å². The number of amidine groups is 6. The summed E-state index contributed by atoms with van der Waals surface area (Å²) in [6, 6.07) is 0. The molecule has 0 spiro atoms. The maximum Gasteiger partial charge on any atom is 0.135 e. The van der Waals surface area contributed by atoms with Crippen molar-refractivity contribution >= 4 is 40.7 Å². The molecule has 7 nitrogen and oxygen atoms in total. The van der Waals surface area contributed by atoms with Crippen molar-refractivity contribution in [3.63, 3.8) is 0 Å². The highest BCUT2D eigenvalue weighted by atomic mass is 15.1. The molecule has 0 aromatic heterocycles. The number of hydrogen-bond donors (Lipinski definition) is 0. The molecule has 7 aliphatic heterocycles. The van der Waals surface area contributed by atoms with Crippen molar-refractivity contribution in [3.05, 3.63) is 12.3 Å². The SMILES string of the molecule is C=C1N=C2N=C3N=C4N=C5N=C6N=C7N=C(C)C(C)CC7CC6CC5CC4CC3CC2CC1C. The van der Waals surface area contributed by atoms with Crippen molar-refractivity contribution in [1.29, 1.82) is 0 Å². The Morgan fingerprint density at radius 3 is 1.24 bits per heavy atom. The van der Waals surface area contributed by atoms with Crippen molar-refractivity contribution in [3.8, 4) is 0 Å². The summed E-state index contributed by atoms with van der Waals surface area (Å²) in [5, 5.41) is 0. The van der Waals surface area contributed by atoms with Crippen LogP contribution in [0.3, 0.4) is 0 Å². The molecule has 8 atom stereocenters. The van der Waals surface area contributed by atoms with E-state index >= 15 is 0 Å². The summed E-state index contributed by atoms with van der Waals surface area (Å²) in [5.41, 5.74) is 2.15. The van der Waals surface area contributed by atoms with Gasteiger partial charge in [-0.2, -0.15) is 0 Å². The lowest BCUT2D eigenvalue weighted by Crippen LogP contribution is -2.43. The van der Waals surface area contributed by atoms with E-state index in [1.807, 2.05) is 0 Å². The lowest BCUT2D eigenvalue weighted by molar-refractivity contribution is 0.337. The molecule has 0 aromatic rings. The summed E-state index contributed by atoms with van der Waals surface area (Å²) in [5.74, 6) is 9.33. The molecule has 8 unspecified atom stereocenters. The van der Waals surface area contributed by atoms with Crippen LogP contribution in [0, 0.1) is 47.3 Å². The van der Waals surface area contributed by atoms with Gasteiger partial charge in [-0.1, -0.05) is 20.4 Å². The van der Waals surface area contributed by atoms with E-state index in [4.69, 9.17) is 34.9 Å². The quantitative estimate of drug-likeness (QED) is 0.484. The molecular formula is C27H33N7. The van der Waals surface area contributed by atoms with E-state index in [9.17, 15) is 0 Å². The van der Waals surface area contributed by atoms with Crippen molar-refractivity contribution < 1.29 is 0 Å². The van der Waals surface area contributed by atoms with Crippen molar-refractivity contribution in [2.75, 3.05) is 0 Å². The van der Waals surface area contributed by atoms with Crippen LogP contribution in [0.4, 0.5) is 0 Å². The first-order valence-corrected chi connectivity index (χ1v) is 13.2.